The van der Waals surface area contributed by atoms with E-state index in [1.165, 1.54) is 5.56 Å². The standard InChI is InChI=1S/C15H22N2O/c1-16-9-6-10-17(2)15(18)14-11-13(14)12-7-4-3-5-8-12/h3-5,7-8,13-14,16H,6,9-11H2,1-2H3. The highest BCUT2D eigenvalue weighted by atomic mass is 16.2. The summed E-state index contributed by atoms with van der Waals surface area (Å²) < 4.78 is 0. The zero-order valence-electron chi connectivity index (χ0n) is 11.2. The van der Waals surface area contributed by atoms with Crippen molar-refractivity contribution in [3.05, 3.63) is 35.9 Å². The van der Waals surface area contributed by atoms with Crippen LogP contribution in [0.4, 0.5) is 0 Å². The van der Waals surface area contributed by atoms with E-state index in [9.17, 15) is 4.79 Å². The fraction of sp³-hybridized carbons (Fsp3) is 0.533. The van der Waals surface area contributed by atoms with E-state index in [1.54, 1.807) is 0 Å². The van der Waals surface area contributed by atoms with Crippen molar-refractivity contribution in [1.29, 1.82) is 0 Å². The van der Waals surface area contributed by atoms with Crippen LogP contribution in [0.5, 0.6) is 0 Å². The molecule has 98 valence electrons. The molecule has 0 heterocycles. The predicted octanol–water partition coefficient (Wildman–Crippen LogP) is 1.86. The van der Waals surface area contributed by atoms with Gasteiger partial charge in [-0.2, -0.15) is 0 Å². The molecule has 1 aromatic rings. The van der Waals surface area contributed by atoms with Gasteiger partial charge < -0.3 is 10.2 Å². The van der Waals surface area contributed by atoms with Crippen molar-refractivity contribution >= 4 is 5.91 Å². The van der Waals surface area contributed by atoms with E-state index in [1.807, 2.05) is 37.2 Å². The molecule has 1 saturated carbocycles. The van der Waals surface area contributed by atoms with Gasteiger partial charge in [-0.05, 0) is 37.9 Å². The average Bonchev–Trinajstić information content (AvgIpc) is 3.19. The lowest BCUT2D eigenvalue weighted by molar-refractivity contribution is -0.131. The molecular formula is C15H22N2O. The molecule has 1 N–H and O–H groups in total. The van der Waals surface area contributed by atoms with Gasteiger partial charge >= 0.3 is 0 Å². The van der Waals surface area contributed by atoms with Crippen molar-refractivity contribution in [3.63, 3.8) is 0 Å². The van der Waals surface area contributed by atoms with Crippen LogP contribution < -0.4 is 5.32 Å². The van der Waals surface area contributed by atoms with Gasteiger partial charge in [-0.15, -0.1) is 0 Å². The summed E-state index contributed by atoms with van der Waals surface area (Å²) in [5.74, 6) is 0.970. The van der Waals surface area contributed by atoms with Crippen molar-refractivity contribution in [2.75, 3.05) is 27.2 Å². The molecule has 0 saturated heterocycles. The topological polar surface area (TPSA) is 32.3 Å². The monoisotopic (exact) mass is 246 g/mol. The molecule has 2 rings (SSSR count). The third-order valence-electron chi connectivity index (χ3n) is 3.63. The fourth-order valence-electron chi connectivity index (χ4n) is 2.42. The van der Waals surface area contributed by atoms with Crippen LogP contribution in [0.15, 0.2) is 30.3 Å². The SMILES string of the molecule is CNCCCN(C)C(=O)C1CC1c1ccccc1. The first-order chi connectivity index (χ1) is 8.74. The van der Waals surface area contributed by atoms with Crippen LogP contribution in [0.3, 0.4) is 0 Å². The second-order valence-electron chi connectivity index (χ2n) is 5.08. The first-order valence-electron chi connectivity index (χ1n) is 6.68. The minimum atomic E-state index is 0.215. The van der Waals surface area contributed by atoms with E-state index < -0.39 is 0 Å². The maximum Gasteiger partial charge on any atom is 0.226 e. The Balaban J connectivity index is 1.82. The molecule has 0 aromatic heterocycles. The molecule has 1 aliphatic rings. The molecule has 3 nitrogen and oxygen atoms in total. The Morgan fingerprint density at radius 2 is 2.11 bits per heavy atom. The quantitative estimate of drug-likeness (QED) is 0.777. The molecule has 2 atom stereocenters. The van der Waals surface area contributed by atoms with E-state index in [0.29, 0.717) is 11.8 Å². The lowest BCUT2D eigenvalue weighted by atomic mass is 10.1. The smallest absolute Gasteiger partial charge is 0.226 e. The Kier molecular flexibility index (Phi) is 4.37. The summed E-state index contributed by atoms with van der Waals surface area (Å²) in [6.45, 7) is 1.81. The molecule has 1 aliphatic carbocycles. The Morgan fingerprint density at radius 1 is 1.39 bits per heavy atom. The number of nitrogens with zero attached hydrogens (tertiary/aromatic N) is 1. The number of carbonyl (C=O) groups is 1. The number of carbonyl (C=O) groups excluding carboxylic acids is 1. The summed E-state index contributed by atoms with van der Waals surface area (Å²) in [5, 5.41) is 3.10. The van der Waals surface area contributed by atoms with Crippen LogP contribution in [-0.4, -0.2) is 38.0 Å². The summed E-state index contributed by atoms with van der Waals surface area (Å²) in [7, 11) is 3.85. The summed E-state index contributed by atoms with van der Waals surface area (Å²) >= 11 is 0. The molecule has 1 aromatic carbocycles. The number of rotatable bonds is 6. The predicted molar refractivity (Wildman–Crippen MR) is 73.5 cm³/mol. The lowest BCUT2D eigenvalue weighted by Gasteiger charge is -2.17. The van der Waals surface area contributed by atoms with E-state index in [0.717, 1.165) is 25.9 Å². The highest BCUT2D eigenvalue weighted by Gasteiger charge is 2.44. The molecule has 0 radical (unpaired) electrons. The third kappa shape index (κ3) is 3.10. The van der Waals surface area contributed by atoms with Gasteiger partial charge in [0.2, 0.25) is 5.91 Å². The first-order valence-corrected chi connectivity index (χ1v) is 6.68. The minimum Gasteiger partial charge on any atom is -0.345 e. The van der Waals surface area contributed by atoms with Crippen LogP contribution in [0, 0.1) is 5.92 Å². The van der Waals surface area contributed by atoms with Crippen LogP contribution in [0.25, 0.3) is 0 Å². The number of amides is 1. The van der Waals surface area contributed by atoms with Gasteiger partial charge in [0.05, 0.1) is 0 Å². The van der Waals surface area contributed by atoms with Crippen LogP contribution >= 0.6 is 0 Å². The highest BCUT2D eigenvalue weighted by Crippen LogP contribution is 2.48. The fourth-order valence-corrected chi connectivity index (χ4v) is 2.42. The van der Waals surface area contributed by atoms with Gasteiger partial charge in [0.25, 0.3) is 0 Å². The largest absolute Gasteiger partial charge is 0.345 e. The summed E-state index contributed by atoms with van der Waals surface area (Å²) in [4.78, 5) is 14.1. The third-order valence-corrected chi connectivity index (χ3v) is 3.63. The van der Waals surface area contributed by atoms with E-state index >= 15 is 0 Å². The Morgan fingerprint density at radius 3 is 2.78 bits per heavy atom. The number of benzene rings is 1. The molecule has 1 amide bonds. The van der Waals surface area contributed by atoms with Gasteiger partial charge in [-0.3, -0.25) is 4.79 Å². The zero-order chi connectivity index (χ0) is 13.0. The second-order valence-corrected chi connectivity index (χ2v) is 5.08. The Hall–Kier alpha value is -1.35. The van der Waals surface area contributed by atoms with Gasteiger partial charge in [-0.25, -0.2) is 0 Å². The zero-order valence-corrected chi connectivity index (χ0v) is 11.2. The molecule has 0 bridgehead atoms. The summed E-state index contributed by atoms with van der Waals surface area (Å²) in [6, 6.07) is 10.4. The van der Waals surface area contributed by atoms with Crippen LogP contribution in [-0.2, 0) is 4.79 Å². The van der Waals surface area contributed by atoms with E-state index in [4.69, 9.17) is 0 Å². The molecule has 2 unspecified atom stereocenters. The number of hydrogen-bond acceptors (Lipinski definition) is 2. The molecule has 1 fully saturated rings. The maximum absolute atomic E-state index is 12.2. The second kappa shape index (κ2) is 6.01. The Labute approximate surface area is 109 Å². The summed E-state index contributed by atoms with van der Waals surface area (Å²) in [6.07, 6.45) is 2.03. The van der Waals surface area contributed by atoms with Crippen molar-refractivity contribution in [2.24, 2.45) is 5.92 Å². The molecular weight excluding hydrogens is 224 g/mol. The van der Waals surface area contributed by atoms with Crippen LogP contribution in [0.1, 0.15) is 24.3 Å². The average molecular weight is 246 g/mol. The van der Waals surface area contributed by atoms with Crippen LogP contribution in [0.2, 0.25) is 0 Å². The molecule has 0 spiro atoms. The Bertz CT molecular complexity index is 391. The highest BCUT2D eigenvalue weighted by molar-refractivity contribution is 5.82. The van der Waals surface area contributed by atoms with E-state index in [2.05, 4.69) is 17.4 Å². The van der Waals surface area contributed by atoms with Gasteiger partial charge in [-0.1, -0.05) is 30.3 Å². The first kappa shape index (κ1) is 13.1. The summed E-state index contributed by atoms with van der Waals surface area (Å²) in [5.41, 5.74) is 1.31. The number of nitrogens with one attached hydrogen (secondary N) is 1. The molecule has 0 aliphatic heterocycles. The van der Waals surface area contributed by atoms with Crippen molar-refractivity contribution in [1.82, 2.24) is 10.2 Å². The van der Waals surface area contributed by atoms with Crippen molar-refractivity contribution in [2.45, 2.75) is 18.8 Å². The number of hydrogen-bond donors (Lipinski definition) is 1. The molecule has 18 heavy (non-hydrogen) atoms. The van der Waals surface area contributed by atoms with Gasteiger partial charge in [0, 0.05) is 19.5 Å². The van der Waals surface area contributed by atoms with Gasteiger partial charge in [0.1, 0.15) is 0 Å². The van der Waals surface area contributed by atoms with Crippen molar-refractivity contribution in [3.8, 4) is 0 Å². The van der Waals surface area contributed by atoms with Crippen molar-refractivity contribution < 1.29 is 4.79 Å². The maximum atomic E-state index is 12.2. The minimum absolute atomic E-state index is 0.215. The van der Waals surface area contributed by atoms with Gasteiger partial charge in [0.15, 0.2) is 0 Å². The molecule has 3 heteroatoms. The van der Waals surface area contributed by atoms with E-state index in [-0.39, 0.29) is 5.92 Å². The lowest BCUT2D eigenvalue weighted by Crippen LogP contribution is -2.30. The normalized spacial score (nSPS) is 21.7.